The Hall–Kier alpha value is -4.56. The molecule has 0 radical (unpaired) electrons. The zero-order valence-corrected chi connectivity index (χ0v) is 20.5. The standard InChI is InChI=1S/C29H21ClF3N3O2/c30-24-11-4-5-12-25(24)36-26(18-27(34)29(31,32)33)19-13-15-20(16-14-19)28(37)35-21-7-6-10-23(17-21)38-22-8-2-1-3-9-22/h1-18H,34H2,(H,35,37). The lowest BCUT2D eigenvalue weighted by Gasteiger charge is -2.11. The molecular weight excluding hydrogens is 515 g/mol. The first-order valence-electron chi connectivity index (χ1n) is 11.3. The molecule has 0 spiro atoms. The lowest BCUT2D eigenvalue weighted by molar-refractivity contribution is -0.0925. The second-order valence-corrected chi connectivity index (χ2v) is 8.43. The molecule has 0 heterocycles. The number of rotatable bonds is 7. The highest BCUT2D eigenvalue weighted by Gasteiger charge is 2.31. The van der Waals surface area contributed by atoms with Gasteiger partial charge in [-0.05, 0) is 54.6 Å². The van der Waals surface area contributed by atoms with Gasteiger partial charge in [-0.1, -0.05) is 60.1 Å². The SMILES string of the molecule is NC(=CC(=Nc1ccccc1Cl)c1ccc(C(=O)Nc2cccc(Oc3ccccc3)c2)cc1)C(F)(F)F. The summed E-state index contributed by atoms with van der Waals surface area (Å²) in [5.74, 6) is 0.781. The fourth-order valence-corrected chi connectivity index (χ4v) is 3.52. The van der Waals surface area contributed by atoms with Gasteiger partial charge in [0.05, 0.1) is 16.4 Å². The number of anilines is 1. The van der Waals surface area contributed by atoms with Crippen molar-refractivity contribution in [3.05, 3.63) is 131 Å². The van der Waals surface area contributed by atoms with Crippen molar-refractivity contribution in [2.45, 2.75) is 6.18 Å². The molecule has 0 atom stereocenters. The fourth-order valence-electron chi connectivity index (χ4n) is 3.34. The molecule has 4 rings (SSSR count). The molecule has 0 saturated carbocycles. The fraction of sp³-hybridized carbons (Fsp3) is 0.0345. The van der Waals surface area contributed by atoms with Crippen molar-refractivity contribution >= 4 is 34.6 Å². The zero-order chi connectivity index (χ0) is 27.1. The Balaban J connectivity index is 1.55. The summed E-state index contributed by atoms with van der Waals surface area (Å²) < 4.78 is 45.2. The number of para-hydroxylation sites is 2. The highest BCUT2D eigenvalue weighted by Crippen LogP contribution is 2.28. The van der Waals surface area contributed by atoms with Crippen LogP contribution in [0.15, 0.2) is 120 Å². The lowest BCUT2D eigenvalue weighted by Crippen LogP contribution is -2.21. The van der Waals surface area contributed by atoms with E-state index in [1.54, 1.807) is 48.5 Å². The maximum Gasteiger partial charge on any atom is 0.430 e. The van der Waals surface area contributed by atoms with Gasteiger partial charge < -0.3 is 15.8 Å². The number of allylic oxidation sites excluding steroid dienone is 2. The molecule has 5 nitrogen and oxygen atoms in total. The van der Waals surface area contributed by atoms with E-state index in [1.165, 1.54) is 24.3 Å². The van der Waals surface area contributed by atoms with Crippen molar-refractivity contribution in [2.75, 3.05) is 5.32 Å². The van der Waals surface area contributed by atoms with Crippen LogP contribution in [-0.4, -0.2) is 17.8 Å². The number of carbonyl (C=O) groups is 1. The summed E-state index contributed by atoms with van der Waals surface area (Å²) in [4.78, 5) is 17.1. The Bertz CT molecular complexity index is 1490. The van der Waals surface area contributed by atoms with Gasteiger partial charge in [0.2, 0.25) is 0 Å². The number of hydrogen-bond donors (Lipinski definition) is 2. The smallest absolute Gasteiger partial charge is 0.430 e. The number of amides is 1. The molecule has 3 N–H and O–H groups in total. The normalized spacial score (nSPS) is 12.2. The predicted molar refractivity (Wildman–Crippen MR) is 143 cm³/mol. The van der Waals surface area contributed by atoms with Gasteiger partial charge >= 0.3 is 6.18 Å². The highest BCUT2D eigenvalue weighted by molar-refractivity contribution is 6.33. The van der Waals surface area contributed by atoms with Gasteiger partial charge in [-0.15, -0.1) is 0 Å². The van der Waals surface area contributed by atoms with Gasteiger partial charge in [0.15, 0.2) is 0 Å². The third-order valence-corrected chi connectivity index (χ3v) is 5.55. The van der Waals surface area contributed by atoms with Gasteiger partial charge in [-0.25, -0.2) is 4.99 Å². The van der Waals surface area contributed by atoms with Gasteiger partial charge in [0.25, 0.3) is 5.91 Å². The van der Waals surface area contributed by atoms with Crippen LogP contribution in [0.3, 0.4) is 0 Å². The van der Waals surface area contributed by atoms with Crippen molar-refractivity contribution in [1.29, 1.82) is 0 Å². The minimum atomic E-state index is -4.74. The molecule has 38 heavy (non-hydrogen) atoms. The Labute approximate surface area is 222 Å². The minimum absolute atomic E-state index is 0.0642. The van der Waals surface area contributed by atoms with E-state index >= 15 is 0 Å². The van der Waals surface area contributed by atoms with Gasteiger partial charge in [-0.2, -0.15) is 13.2 Å². The molecule has 0 aromatic heterocycles. The van der Waals surface area contributed by atoms with Crippen LogP contribution in [0.2, 0.25) is 5.02 Å². The molecule has 0 aliphatic heterocycles. The number of alkyl halides is 3. The van der Waals surface area contributed by atoms with Crippen LogP contribution in [-0.2, 0) is 0 Å². The van der Waals surface area contributed by atoms with Crippen LogP contribution in [0.25, 0.3) is 0 Å². The average molecular weight is 536 g/mol. The van der Waals surface area contributed by atoms with Crippen LogP contribution in [0.4, 0.5) is 24.5 Å². The number of nitrogens with zero attached hydrogens (tertiary/aromatic N) is 1. The van der Waals surface area contributed by atoms with E-state index in [0.717, 1.165) is 6.08 Å². The Morgan fingerprint density at radius 2 is 1.47 bits per heavy atom. The number of nitrogens with one attached hydrogen (secondary N) is 1. The number of ether oxygens (including phenoxy) is 1. The second kappa shape index (κ2) is 11.7. The Kier molecular flexibility index (Phi) is 8.13. The lowest BCUT2D eigenvalue weighted by atomic mass is 10.1. The summed E-state index contributed by atoms with van der Waals surface area (Å²) in [5, 5.41) is 3.05. The average Bonchev–Trinajstić information content (AvgIpc) is 2.90. The van der Waals surface area contributed by atoms with Gasteiger partial charge in [0, 0.05) is 22.9 Å². The maximum absolute atomic E-state index is 13.1. The molecule has 0 aliphatic carbocycles. The molecular formula is C29H21ClF3N3O2. The molecule has 9 heteroatoms. The minimum Gasteiger partial charge on any atom is -0.457 e. The highest BCUT2D eigenvalue weighted by atomic mass is 35.5. The molecule has 4 aromatic rings. The monoisotopic (exact) mass is 535 g/mol. The summed E-state index contributed by atoms with van der Waals surface area (Å²) in [6.07, 6.45) is -4.00. The zero-order valence-electron chi connectivity index (χ0n) is 19.7. The summed E-state index contributed by atoms with van der Waals surface area (Å²) in [6, 6.07) is 28.5. The van der Waals surface area contributed by atoms with E-state index in [1.807, 2.05) is 30.3 Å². The second-order valence-electron chi connectivity index (χ2n) is 8.02. The van der Waals surface area contributed by atoms with Crippen LogP contribution in [0, 0.1) is 0 Å². The van der Waals surface area contributed by atoms with E-state index in [2.05, 4.69) is 10.3 Å². The predicted octanol–water partition coefficient (Wildman–Crippen LogP) is 7.91. The number of nitrogens with two attached hydrogens (primary N) is 1. The van der Waals surface area contributed by atoms with Gasteiger partial charge in [-0.3, -0.25) is 4.79 Å². The molecule has 0 bridgehead atoms. The van der Waals surface area contributed by atoms with E-state index in [9.17, 15) is 18.0 Å². The Morgan fingerprint density at radius 1 is 0.842 bits per heavy atom. The summed E-state index contributed by atoms with van der Waals surface area (Å²) >= 11 is 6.14. The van der Waals surface area contributed by atoms with Crippen LogP contribution < -0.4 is 15.8 Å². The third-order valence-electron chi connectivity index (χ3n) is 5.23. The van der Waals surface area contributed by atoms with Crippen molar-refractivity contribution in [1.82, 2.24) is 0 Å². The van der Waals surface area contributed by atoms with Crippen LogP contribution in [0.1, 0.15) is 15.9 Å². The van der Waals surface area contributed by atoms with E-state index in [0.29, 0.717) is 22.7 Å². The van der Waals surface area contributed by atoms with Crippen LogP contribution >= 0.6 is 11.6 Å². The molecule has 4 aromatic carbocycles. The first kappa shape index (κ1) is 26.5. The van der Waals surface area contributed by atoms with E-state index in [-0.39, 0.29) is 22.0 Å². The first-order chi connectivity index (χ1) is 18.2. The van der Waals surface area contributed by atoms with Crippen molar-refractivity contribution in [3.8, 4) is 11.5 Å². The van der Waals surface area contributed by atoms with Crippen molar-refractivity contribution in [2.24, 2.45) is 10.7 Å². The summed E-state index contributed by atoms with van der Waals surface area (Å²) in [6.45, 7) is 0. The largest absolute Gasteiger partial charge is 0.457 e. The molecule has 0 aliphatic rings. The molecule has 0 fully saturated rings. The molecule has 192 valence electrons. The topological polar surface area (TPSA) is 76.7 Å². The quantitative estimate of drug-likeness (QED) is 0.236. The number of carbonyl (C=O) groups excluding carboxylic acids is 1. The summed E-state index contributed by atoms with van der Waals surface area (Å²) in [5.41, 5.74) is 5.25. The van der Waals surface area contributed by atoms with Crippen molar-refractivity contribution in [3.63, 3.8) is 0 Å². The molecule has 1 amide bonds. The Morgan fingerprint density at radius 3 is 2.16 bits per heavy atom. The van der Waals surface area contributed by atoms with E-state index in [4.69, 9.17) is 22.1 Å². The number of hydrogen-bond acceptors (Lipinski definition) is 4. The first-order valence-corrected chi connectivity index (χ1v) is 11.7. The number of aliphatic imine (C=N–C) groups is 1. The maximum atomic E-state index is 13.1. The number of benzene rings is 4. The summed E-state index contributed by atoms with van der Waals surface area (Å²) in [7, 11) is 0. The molecule has 0 saturated heterocycles. The van der Waals surface area contributed by atoms with Gasteiger partial charge in [0.1, 0.15) is 17.2 Å². The third kappa shape index (κ3) is 7.02. The molecule has 0 unspecified atom stereocenters. The van der Waals surface area contributed by atoms with Crippen LogP contribution in [0.5, 0.6) is 11.5 Å². The number of halogens is 4. The van der Waals surface area contributed by atoms with E-state index < -0.39 is 17.8 Å². The van der Waals surface area contributed by atoms with Crippen molar-refractivity contribution < 1.29 is 22.7 Å².